The van der Waals surface area contributed by atoms with E-state index in [2.05, 4.69) is 11.6 Å². The zero-order valence-electron chi connectivity index (χ0n) is 10.2. The Hall–Kier alpha value is -1.16. The molecule has 0 aromatic heterocycles. The second-order valence-electron chi connectivity index (χ2n) is 3.93. The van der Waals surface area contributed by atoms with Gasteiger partial charge in [0.1, 0.15) is 0 Å². The Morgan fingerprint density at radius 2 is 1.94 bits per heavy atom. The summed E-state index contributed by atoms with van der Waals surface area (Å²) in [5.74, 6) is 1.18. The van der Waals surface area contributed by atoms with Crippen molar-refractivity contribution < 1.29 is 4.79 Å². The number of anilines is 1. The molecule has 0 saturated heterocycles. The van der Waals surface area contributed by atoms with Crippen LogP contribution in [0.2, 0.25) is 0 Å². The van der Waals surface area contributed by atoms with Crippen LogP contribution in [0.1, 0.15) is 29.6 Å². The lowest BCUT2D eigenvalue weighted by Gasteiger charge is -2.05. The summed E-state index contributed by atoms with van der Waals surface area (Å²) in [6, 6.07) is 6.98. The molecular formula is C13H20N2OS. The normalized spacial score (nSPS) is 10.2. The van der Waals surface area contributed by atoms with Crippen molar-refractivity contribution in [1.82, 2.24) is 5.32 Å². The number of nitrogen functional groups attached to an aromatic ring is 1. The molecule has 0 saturated carbocycles. The van der Waals surface area contributed by atoms with E-state index in [0.717, 1.165) is 13.0 Å². The van der Waals surface area contributed by atoms with E-state index < -0.39 is 0 Å². The molecule has 3 nitrogen and oxygen atoms in total. The lowest BCUT2D eigenvalue weighted by atomic mass is 10.2. The number of benzene rings is 1. The van der Waals surface area contributed by atoms with Gasteiger partial charge in [0.05, 0.1) is 0 Å². The van der Waals surface area contributed by atoms with Gasteiger partial charge in [0.15, 0.2) is 0 Å². The van der Waals surface area contributed by atoms with E-state index in [1.807, 2.05) is 11.8 Å². The maximum atomic E-state index is 11.7. The van der Waals surface area contributed by atoms with Crippen LogP contribution in [0.5, 0.6) is 0 Å². The summed E-state index contributed by atoms with van der Waals surface area (Å²) in [5, 5.41) is 2.91. The minimum Gasteiger partial charge on any atom is -0.399 e. The van der Waals surface area contributed by atoms with Crippen molar-refractivity contribution in [2.75, 3.05) is 24.3 Å². The molecule has 3 N–H and O–H groups in total. The highest BCUT2D eigenvalue weighted by Crippen LogP contribution is 2.05. The first kappa shape index (κ1) is 13.9. The molecule has 0 spiro atoms. The van der Waals surface area contributed by atoms with Crippen molar-refractivity contribution in [3.05, 3.63) is 29.8 Å². The molecule has 0 heterocycles. The van der Waals surface area contributed by atoms with Gasteiger partial charge in [-0.15, -0.1) is 0 Å². The average Bonchev–Trinajstić information content (AvgIpc) is 2.34. The summed E-state index contributed by atoms with van der Waals surface area (Å²) in [6.45, 7) is 0.748. The lowest BCUT2D eigenvalue weighted by Crippen LogP contribution is -2.24. The molecule has 0 fully saturated rings. The first-order chi connectivity index (χ1) is 8.24. The smallest absolute Gasteiger partial charge is 0.251 e. The highest BCUT2D eigenvalue weighted by molar-refractivity contribution is 7.98. The lowest BCUT2D eigenvalue weighted by molar-refractivity contribution is 0.0953. The van der Waals surface area contributed by atoms with Gasteiger partial charge in [0.2, 0.25) is 0 Å². The quantitative estimate of drug-likeness (QED) is 0.579. The number of nitrogens with two attached hydrogens (primary N) is 1. The van der Waals surface area contributed by atoms with Crippen LogP contribution in [0, 0.1) is 0 Å². The molecule has 1 rings (SSSR count). The Morgan fingerprint density at radius 1 is 1.24 bits per heavy atom. The summed E-state index contributed by atoms with van der Waals surface area (Å²) >= 11 is 1.86. The topological polar surface area (TPSA) is 55.1 Å². The molecule has 4 heteroatoms. The monoisotopic (exact) mass is 252 g/mol. The van der Waals surface area contributed by atoms with Crippen molar-refractivity contribution in [2.24, 2.45) is 0 Å². The molecule has 0 unspecified atom stereocenters. The minimum absolute atomic E-state index is 0.0186. The van der Waals surface area contributed by atoms with Crippen LogP contribution in [-0.4, -0.2) is 24.5 Å². The van der Waals surface area contributed by atoms with E-state index in [1.54, 1.807) is 24.3 Å². The van der Waals surface area contributed by atoms with Crippen molar-refractivity contribution in [2.45, 2.75) is 19.3 Å². The number of unbranched alkanes of at least 4 members (excludes halogenated alkanes) is 2. The van der Waals surface area contributed by atoms with Gasteiger partial charge in [0.25, 0.3) is 5.91 Å². The van der Waals surface area contributed by atoms with Gasteiger partial charge in [0, 0.05) is 17.8 Å². The highest BCUT2D eigenvalue weighted by atomic mass is 32.2. The molecule has 1 amide bonds. The third-order valence-electron chi connectivity index (χ3n) is 2.48. The number of carbonyl (C=O) groups is 1. The number of hydrogen-bond acceptors (Lipinski definition) is 3. The Bertz CT molecular complexity index is 338. The number of rotatable bonds is 7. The first-order valence-electron chi connectivity index (χ1n) is 5.86. The second kappa shape index (κ2) is 8.01. The van der Waals surface area contributed by atoms with Crippen molar-refractivity contribution >= 4 is 23.4 Å². The zero-order chi connectivity index (χ0) is 12.5. The van der Waals surface area contributed by atoms with Crippen LogP contribution in [-0.2, 0) is 0 Å². The average molecular weight is 252 g/mol. The van der Waals surface area contributed by atoms with E-state index in [9.17, 15) is 4.79 Å². The third kappa shape index (κ3) is 5.63. The van der Waals surface area contributed by atoms with Gasteiger partial charge in [-0.05, 0) is 49.1 Å². The maximum absolute atomic E-state index is 11.7. The van der Waals surface area contributed by atoms with E-state index in [0.29, 0.717) is 11.3 Å². The fourth-order valence-electron chi connectivity index (χ4n) is 1.49. The molecule has 1 aromatic rings. The molecule has 0 aliphatic heterocycles. The van der Waals surface area contributed by atoms with Crippen LogP contribution in [0.15, 0.2) is 24.3 Å². The van der Waals surface area contributed by atoms with Crippen LogP contribution >= 0.6 is 11.8 Å². The maximum Gasteiger partial charge on any atom is 0.251 e. The summed E-state index contributed by atoms with van der Waals surface area (Å²) in [5.41, 5.74) is 6.91. The number of amides is 1. The van der Waals surface area contributed by atoms with Gasteiger partial charge in [-0.3, -0.25) is 4.79 Å². The Labute approximate surface area is 107 Å². The number of hydrogen-bond donors (Lipinski definition) is 2. The van der Waals surface area contributed by atoms with E-state index in [1.165, 1.54) is 18.6 Å². The molecule has 0 aliphatic rings. The van der Waals surface area contributed by atoms with Crippen LogP contribution in [0.4, 0.5) is 5.69 Å². The van der Waals surface area contributed by atoms with E-state index in [-0.39, 0.29) is 5.91 Å². The molecule has 17 heavy (non-hydrogen) atoms. The van der Waals surface area contributed by atoms with Gasteiger partial charge in [-0.1, -0.05) is 6.42 Å². The second-order valence-corrected chi connectivity index (χ2v) is 4.92. The fraction of sp³-hybridized carbons (Fsp3) is 0.462. The fourth-order valence-corrected chi connectivity index (χ4v) is 1.98. The van der Waals surface area contributed by atoms with Gasteiger partial charge in [-0.25, -0.2) is 0 Å². The van der Waals surface area contributed by atoms with Crippen molar-refractivity contribution in [1.29, 1.82) is 0 Å². The standard InChI is InChI=1S/C13H20N2OS/c1-17-10-4-2-3-9-15-13(16)11-5-7-12(14)8-6-11/h5-8H,2-4,9-10,14H2,1H3,(H,15,16). The Balaban J connectivity index is 2.19. The summed E-state index contributed by atoms with van der Waals surface area (Å²) < 4.78 is 0. The number of carbonyl (C=O) groups excluding carboxylic acids is 1. The highest BCUT2D eigenvalue weighted by Gasteiger charge is 2.03. The number of nitrogens with one attached hydrogen (secondary N) is 1. The van der Waals surface area contributed by atoms with Crippen molar-refractivity contribution in [3.63, 3.8) is 0 Å². The van der Waals surface area contributed by atoms with Gasteiger partial charge < -0.3 is 11.1 Å². The largest absolute Gasteiger partial charge is 0.399 e. The Kier molecular flexibility index (Phi) is 6.55. The molecule has 0 radical (unpaired) electrons. The zero-order valence-corrected chi connectivity index (χ0v) is 11.1. The molecule has 0 atom stereocenters. The van der Waals surface area contributed by atoms with E-state index in [4.69, 9.17) is 5.73 Å². The van der Waals surface area contributed by atoms with Crippen LogP contribution < -0.4 is 11.1 Å². The number of thioether (sulfide) groups is 1. The summed E-state index contributed by atoms with van der Waals surface area (Å²) in [4.78, 5) is 11.7. The molecule has 1 aromatic carbocycles. The van der Waals surface area contributed by atoms with Crippen LogP contribution in [0.25, 0.3) is 0 Å². The van der Waals surface area contributed by atoms with E-state index >= 15 is 0 Å². The van der Waals surface area contributed by atoms with Gasteiger partial charge >= 0.3 is 0 Å². The molecule has 94 valence electrons. The third-order valence-corrected chi connectivity index (χ3v) is 3.18. The summed E-state index contributed by atoms with van der Waals surface area (Å²) in [7, 11) is 0. The predicted molar refractivity (Wildman–Crippen MR) is 75.4 cm³/mol. The molecule has 0 aliphatic carbocycles. The first-order valence-corrected chi connectivity index (χ1v) is 7.26. The van der Waals surface area contributed by atoms with Gasteiger partial charge in [-0.2, -0.15) is 11.8 Å². The van der Waals surface area contributed by atoms with Crippen LogP contribution in [0.3, 0.4) is 0 Å². The SMILES string of the molecule is CSCCCCCNC(=O)c1ccc(N)cc1. The predicted octanol–water partition coefficient (Wildman–Crippen LogP) is 2.53. The molecular weight excluding hydrogens is 232 g/mol. The minimum atomic E-state index is -0.0186. The Morgan fingerprint density at radius 3 is 2.59 bits per heavy atom. The summed E-state index contributed by atoms with van der Waals surface area (Å²) in [6.07, 6.45) is 5.55. The molecule has 0 bridgehead atoms. The van der Waals surface area contributed by atoms with Crippen molar-refractivity contribution in [3.8, 4) is 0 Å².